The molecule has 1 aliphatic rings. The lowest BCUT2D eigenvalue weighted by atomic mass is 10.1. The molecule has 1 rings (SSSR count). The first kappa shape index (κ1) is 8.77. The summed E-state index contributed by atoms with van der Waals surface area (Å²) in [4.78, 5) is 23.3. The predicted octanol–water partition coefficient (Wildman–Crippen LogP) is 0.930. The highest BCUT2D eigenvalue weighted by Gasteiger charge is 2.23. The van der Waals surface area contributed by atoms with Crippen LogP contribution in [0.25, 0.3) is 0 Å². The zero-order valence-corrected chi connectivity index (χ0v) is 7.11. The van der Waals surface area contributed by atoms with Gasteiger partial charge in [0.2, 0.25) is 0 Å². The zero-order valence-electron chi connectivity index (χ0n) is 7.11. The van der Waals surface area contributed by atoms with Crippen molar-refractivity contribution >= 4 is 11.9 Å². The summed E-state index contributed by atoms with van der Waals surface area (Å²) in [6.07, 6.45) is 2.79. The highest BCUT2D eigenvalue weighted by molar-refractivity contribution is 5.92. The summed E-state index contributed by atoms with van der Waals surface area (Å²) >= 11 is 0. The Morgan fingerprint density at radius 3 is 2.92 bits per heavy atom. The van der Waals surface area contributed by atoms with Gasteiger partial charge < -0.3 is 4.74 Å². The monoisotopic (exact) mass is 169 g/mol. The summed E-state index contributed by atoms with van der Waals surface area (Å²) in [6.45, 7) is 1.80. The van der Waals surface area contributed by atoms with E-state index in [4.69, 9.17) is 0 Å². The molecule has 4 heteroatoms. The molecule has 0 saturated carbocycles. The lowest BCUT2D eigenvalue weighted by Crippen LogP contribution is -2.37. The van der Waals surface area contributed by atoms with Gasteiger partial charge in [0.15, 0.2) is 5.78 Å². The Kier molecular flexibility index (Phi) is 2.47. The molecule has 0 aromatic rings. The van der Waals surface area contributed by atoms with Gasteiger partial charge in [-0.05, 0) is 13.0 Å². The fourth-order valence-corrected chi connectivity index (χ4v) is 1.11. The molecular weight excluding hydrogens is 158 g/mol. The van der Waals surface area contributed by atoms with Gasteiger partial charge in [-0.3, -0.25) is 9.69 Å². The summed E-state index contributed by atoms with van der Waals surface area (Å²) in [5, 5.41) is 0. The number of ketones is 1. The lowest BCUT2D eigenvalue weighted by Gasteiger charge is -2.26. The van der Waals surface area contributed by atoms with E-state index in [-0.39, 0.29) is 11.8 Å². The number of rotatable bonds is 0. The molecule has 0 saturated heterocycles. The quantitative estimate of drug-likeness (QED) is 0.542. The molecule has 1 aliphatic heterocycles. The molecule has 0 aromatic heterocycles. The van der Waals surface area contributed by atoms with Gasteiger partial charge in [-0.15, -0.1) is 0 Å². The third-order valence-corrected chi connectivity index (χ3v) is 1.78. The minimum absolute atomic E-state index is 0.0441. The van der Waals surface area contributed by atoms with E-state index in [1.807, 2.05) is 0 Å². The topological polar surface area (TPSA) is 46.6 Å². The van der Waals surface area contributed by atoms with Crippen molar-refractivity contribution in [2.45, 2.75) is 19.4 Å². The number of amides is 1. The SMILES string of the molecule is COC(=O)N1C=CC(=O)CC1C. The molecule has 0 spiro atoms. The van der Waals surface area contributed by atoms with Gasteiger partial charge in [-0.2, -0.15) is 0 Å². The highest BCUT2D eigenvalue weighted by Crippen LogP contribution is 2.12. The lowest BCUT2D eigenvalue weighted by molar-refractivity contribution is -0.116. The number of carbonyl (C=O) groups is 2. The molecule has 0 radical (unpaired) electrons. The third-order valence-electron chi connectivity index (χ3n) is 1.78. The number of methoxy groups -OCH3 is 1. The molecule has 0 N–H and O–H groups in total. The summed E-state index contributed by atoms with van der Waals surface area (Å²) in [5.74, 6) is 0.0441. The molecule has 12 heavy (non-hydrogen) atoms. The molecule has 1 heterocycles. The van der Waals surface area contributed by atoms with E-state index in [0.29, 0.717) is 6.42 Å². The first-order valence-electron chi connectivity index (χ1n) is 3.72. The second-order valence-corrected chi connectivity index (χ2v) is 2.71. The molecule has 4 nitrogen and oxygen atoms in total. The van der Waals surface area contributed by atoms with Crippen LogP contribution in [0.15, 0.2) is 12.3 Å². The maximum Gasteiger partial charge on any atom is 0.413 e. The maximum absolute atomic E-state index is 11.0. The van der Waals surface area contributed by atoms with Gasteiger partial charge in [-0.25, -0.2) is 4.79 Å². The van der Waals surface area contributed by atoms with Crippen LogP contribution >= 0.6 is 0 Å². The number of allylic oxidation sites excluding steroid dienone is 1. The van der Waals surface area contributed by atoms with Crippen molar-refractivity contribution in [2.24, 2.45) is 0 Å². The van der Waals surface area contributed by atoms with Crippen molar-refractivity contribution in [3.05, 3.63) is 12.3 Å². The van der Waals surface area contributed by atoms with Crippen LogP contribution in [0.4, 0.5) is 4.79 Å². The van der Waals surface area contributed by atoms with Crippen LogP contribution in [0.2, 0.25) is 0 Å². The predicted molar refractivity (Wildman–Crippen MR) is 42.5 cm³/mol. The average molecular weight is 169 g/mol. The van der Waals surface area contributed by atoms with Crippen LogP contribution in [-0.2, 0) is 9.53 Å². The second kappa shape index (κ2) is 3.38. The third kappa shape index (κ3) is 1.64. The first-order chi connectivity index (χ1) is 5.65. The van der Waals surface area contributed by atoms with Crippen molar-refractivity contribution in [1.82, 2.24) is 4.90 Å². The molecule has 1 unspecified atom stereocenters. The van der Waals surface area contributed by atoms with Crippen molar-refractivity contribution in [1.29, 1.82) is 0 Å². The van der Waals surface area contributed by atoms with Crippen LogP contribution in [0, 0.1) is 0 Å². The largest absolute Gasteiger partial charge is 0.452 e. The van der Waals surface area contributed by atoms with Gasteiger partial charge in [0.05, 0.1) is 7.11 Å². The fraction of sp³-hybridized carbons (Fsp3) is 0.500. The number of nitrogens with zero attached hydrogens (tertiary/aromatic N) is 1. The Morgan fingerprint density at radius 2 is 2.42 bits per heavy atom. The molecule has 0 bridgehead atoms. The van der Waals surface area contributed by atoms with Gasteiger partial charge in [0.1, 0.15) is 0 Å². The van der Waals surface area contributed by atoms with Gasteiger partial charge in [-0.1, -0.05) is 0 Å². The van der Waals surface area contributed by atoms with Crippen molar-refractivity contribution < 1.29 is 14.3 Å². The smallest absolute Gasteiger partial charge is 0.413 e. The van der Waals surface area contributed by atoms with E-state index in [2.05, 4.69) is 4.74 Å². The Balaban J connectivity index is 2.72. The van der Waals surface area contributed by atoms with E-state index >= 15 is 0 Å². The van der Waals surface area contributed by atoms with E-state index in [1.54, 1.807) is 6.92 Å². The summed E-state index contributed by atoms with van der Waals surface area (Å²) in [5.41, 5.74) is 0. The molecule has 0 aliphatic carbocycles. The second-order valence-electron chi connectivity index (χ2n) is 2.71. The van der Waals surface area contributed by atoms with Gasteiger partial charge in [0, 0.05) is 18.7 Å². The van der Waals surface area contributed by atoms with Crippen LogP contribution in [0.5, 0.6) is 0 Å². The van der Waals surface area contributed by atoms with E-state index in [9.17, 15) is 9.59 Å². The van der Waals surface area contributed by atoms with Crippen LogP contribution in [-0.4, -0.2) is 29.9 Å². The summed E-state index contributed by atoms with van der Waals surface area (Å²) in [6, 6.07) is -0.102. The maximum atomic E-state index is 11.0. The number of hydrogen-bond donors (Lipinski definition) is 0. The summed E-state index contributed by atoms with van der Waals surface area (Å²) < 4.78 is 4.52. The minimum Gasteiger partial charge on any atom is -0.452 e. The molecule has 66 valence electrons. The molecular formula is C8H11NO3. The van der Waals surface area contributed by atoms with E-state index in [1.165, 1.54) is 24.3 Å². The summed E-state index contributed by atoms with van der Waals surface area (Å²) in [7, 11) is 1.32. The Bertz CT molecular complexity index is 234. The minimum atomic E-state index is -0.425. The zero-order chi connectivity index (χ0) is 9.14. The Labute approximate surface area is 70.8 Å². The van der Waals surface area contributed by atoms with E-state index < -0.39 is 6.09 Å². The van der Waals surface area contributed by atoms with Gasteiger partial charge in [0.25, 0.3) is 0 Å². The number of carbonyl (C=O) groups excluding carboxylic acids is 2. The number of ether oxygens (including phenoxy) is 1. The van der Waals surface area contributed by atoms with Crippen molar-refractivity contribution in [3.63, 3.8) is 0 Å². The van der Waals surface area contributed by atoms with Crippen molar-refractivity contribution in [3.8, 4) is 0 Å². The van der Waals surface area contributed by atoms with Crippen LogP contribution in [0.1, 0.15) is 13.3 Å². The Hall–Kier alpha value is -1.32. The molecule has 1 amide bonds. The highest BCUT2D eigenvalue weighted by atomic mass is 16.5. The van der Waals surface area contributed by atoms with Crippen LogP contribution in [0.3, 0.4) is 0 Å². The standard InChI is InChI=1S/C8H11NO3/c1-6-5-7(10)3-4-9(6)8(11)12-2/h3-4,6H,5H2,1-2H3. The van der Waals surface area contributed by atoms with Gasteiger partial charge >= 0.3 is 6.09 Å². The fourth-order valence-electron chi connectivity index (χ4n) is 1.11. The average Bonchev–Trinajstić information content (AvgIpc) is 2.03. The number of hydrogen-bond acceptors (Lipinski definition) is 3. The normalized spacial score (nSPS) is 22.7. The van der Waals surface area contributed by atoms with E-state index in [0.717, 1.165) is 0 Å². The molecule has 0 aromatic carbocycles. The molecule has 0 fully saturated rings. The van der Waals surface area contributed by atoms with Crippen molar-refractivity contribution in [2.75, 3.05) is 7.11 Å². The van der Waals surface area contributed by atoms with Crippen LogP contribution < -0.4 is 0 Å². The first-order valence-corrected chi connectivity index (χ1v) is 3.72. The Morgan fingerprint density at radius 1 is 1.75 bits per heavy atom. The molecule has 1 atom stereocenters.